The summed E-state index contributed by atoms with van der Waals surface area (Å²) in [6.45, 7) is 10.7. The van der Waals surface area contributed by atoms with E-state index in [4.69, 9.17) is 4.74 Å². The Kier molecular flexibility index (Phi) is 5.76. The summed E-state index contributed by atoms with van der Waals surface area (Å²) in [6.07, 6.45) is 0. The van der Waals surface area contributed by atoms with E-state index in [-0.39, 0.29) is 17.3 Å². The summed E-state index contributed by atoms with van der Waals surface area (Å²) in [5.41, 5.74) is 1.02. The maximum atomic E-state index is 13.0. The van der Waals surface area contributed by atoms with E-state index in [0.29, 0.717) is 13.2 Å². The van der Waals surface area contributed by atoms with Gasteiger partial charge < -0.3 is 10.1 Å². The van der Waals surface area contributed by atoms with Gasteiger partial charge in [-0.25, -0.2) is 4.39 Å². The zero-order valence-electron chi connectivity index (χ0n) is 11.8. The van der Waals surface area contributed by atoms with Crippen LogP contribution in [0.3, 0.4) is 0 Å². The maximum absolute atomic E-state index is 13.0. The van der Waals surface area contributed by atoms with Crippen molar-refractivity contribution in [1.29, 1.82) is 0 Å². The molecule has 0 amide bonds. The third kappa shape index (κ3) is 3.79. The highest BCUT2D eigenvalue weighted by atomic mass is 19.1. The number of likely N-dealkylation sites (N-methyl/N-ethyl adjacent to an activating group) is 1. The smallest absolute Gasteiger partial charge is 0.123 e. The van der Waals surface area contributed by atoms with Gasteiger partial charge in [-0.05, 0) is 31.2 Å². The van der Waals surface area contributed by atoms with Gasteiger partial charge in [-0.15, -0.1) is 0 Å². The van der Waals surface area contributed by atoms with Crippen LogP contribution in [0, 0.1) is 5.82 Å². The first-order valence-electron chi connectivity index (χ1n) is 6.59. The summed E-state index contributed by atoms with van der Waals surface area (Å²) in [5.74, 6) is -0.195. The molecule has 2 nitrogen and oxygen atoms in total. The molecule has 0 saturated carbocycles. The van der Waals surface area contributed by atoms with Gasteiger partial charge in [0, 0.05) is 18.1 Å². The molecular weight excluding hydrogens is 229 g/mol. The maximum Gasteiger partial charge on any atom is 0.123 e. The second-order valence-corrected chi connectivity index (χ2v) is 5.00. The Hall–Kier alpha value is -0.930. The third-order valence-corrected chi connectivity index (χ3v) is 3.40. The summed E-state index contributed by atoms with van der Waals surface area (Å²) in [7, 11) is 0. The minimum atomic E-state index is -0.195. The van der Waals surface area contributed by atoms with Crippen LogP contribution in [-0.4, -0.2) is 25.8 Å². The fraction of sp³-hybridized carbons (Fsp3) is 0.600. The Labute approximate surface area is 110 Å². The van der Waals surface area contributed by atoms with Crippen LogP contribution >= 0.6 is 0 Å². The summed E-state index contributed by atoms with van der Waals surface area (Å²) in [6, 6.07) is 6.95. The number of halogens is 1. The topological polar surface area (TPSA) is 21.3 Å². The lowest BCUT2D eigenvalue weighted by Gasteiger charge is -2.35. The normalized spacial score (nSPS) is 13.6. The van der Waals surface area contributed by atoms with Crippen LogP contribution in [0.1, 0.15) is 33.3 Å². The lowest BCUT2D eigenvalue weighted by Crippen LogP contribution is -2.48. The van der Waals surface area contributed by atoms with E-state index in [1.54, 1.807) is 0 Å². The number of nitrogens with one attached hydrogen (secondary N) is 1. The molecule has 1 atom stereocenters. The van der Waals surface area contributed by atoms with E-state index < -0.39 is 0 Å². The van der Waals surface area contributed by atoms with Crippen molar-refractivity contribution in [1.82, 2.24) is 5.32 Å². The predicted molar refractivity (Wildman–Crippen MR) is 73.4 cm³/mol. The van der Waals surface area contributed by atoms with E-state index in [0.717, 1.165) is 12.1 Å². The minimum absolute atomic E-state index is 0.0983. The molecule has 0 fully saturated rings. The molecule has 0 heterocycles. The van der Waals surface area contributed by atoms with Crippen molar-refractivity contribution in [2.24, 2.45) is 0 Å². The van der Waals surface area contributed by atoms with Crippen LogP contribution in [0.4, 0.5) is 4.39 Å². The molecule has 1 rings (SSSR count). The number of rotatable bonds is 7. The zero-order chi connectivity index (χ0) is 13.6. The van der Waals surface area contributed by atoms with Crippen LogP contribution < -0.4 is 5.32 Å². The molecule has 1 N–H and O–H groups in total. The van der Waals surface area contributed by atoms with Crippen molar-refractivity contribution in [2.75, 3.05) is 19.8 Å². The molecule has 0 aliphatic heterocycles. The van der Waals surface area contributed by atoms with Crippen molar-refractivity contribution in [3.63, 3.8) is 0 Å². The molecule has 3 heteroatoms. The highest BCUT2D eigenvalue weighted by Crippen LogP contribution is 2.27. The first-order chi connectivity index (χ1) is 8.52. The van der Waals surface area contributed by atoms with Crippen molar-refractivity contribution in [3.8, 4) is 0 Å². The molecule has 0 radical (unpaired) electrons. The highest BCUT2D eigenvalue weighted by molar-refractivity contribution is 5.26. The Morgan fingerprint density at radius 1 is 1.22 bits per heavy atom. The fourth-order valence-electron chi connectivity index (χ4n) is 2.09. The van der Waals surface area contributed by atoms with Gasteiger partial charge in [-0.1, -0.05) is 32.9 Å². The summed E-state index contributed by atoms with van der Waals surface area (Å²) >= 11 is 0. The quantitative estimate of drug-likeness (QED) is 0.806. The van der Waals surface area contributed by atoms with Gasteiger partial charge in [0.15, 0.2) is 0 Å². The third-order valence-electron chi connectivity index (χ3n) is 3.40. The van der Waals surface area contributed by atoms with Gasteiger partial charge >= 0.3 is 0 Å². The van der Waals surface area contributed by atoms with Crippen LogP contribution in [-0.2, 0) is 10.2 Å². The molecule has 1 aromatic carbocycles. The van der Waals surface area contributed by atoms with Crippen molar-refractivity contribution in [3.05, 3.63) is 35.6 Å². The van der Waals surface area contributed by atoms with Gasteiger partial charge in [0.1, 0.15) is 5.82 Å². The molecule has 0 bridgehead atoms. The molecule has 0 spiro atoms. The second-order valence-electron chi connectivity index (χ2n) is 5.00. The summed E-state index contributed by atoms with van der Waals surface area (Å²) in [4.78, 5) is 0. The average molecular weight is 253 g/mol. The number of benzene rings is 1. The molecule has 1 aromatic rings. The van der Waals surface area contributed by atoms with Gasteiger partial charge in [0.05, 0.1) is 6.61 Å². The van der Waals surface area contributed by atoms with E-state index in [1.165, 1.54) is 12.1 Å². The monoisotopic (exact) mass is 253 g/mol. The Morgan fingerprint density at radius 3 is 2.33 bits per heavy atom. The van der Waals surface area contributed by atoms with Crippen molar-refractivity contribution >= 4 is 0 Å². The Morgan fingerprint density at radius 2 is 1.83 bits per heavy atom. The number of ether oxygens (including phenoxy) is 1. The molecule has 0 saturated heterocycles. The molecule has 0 aliphatic rings. The first kappa shape index (κ1) is 15.1. The fourth-order valence-corrected chi connectivity index (χ4v) is 2.09. The molecule has 0 aromatic heterocycles. The molecule has 1 unspecified atom stereocenters. The van der Waals surface area contributed by atoms with Gasteiger partial charge in [-0.3, -0.25) is 0 Å². The number of hydrogen-bond acceptors (Lipinski definition) is 2. The Balaban J connectivity index is 2.88. The Bertz CT molecular complexity index is 348. The van der Waals surface area contributed by atoms with Crippen molar-refractivity contribution < 1.29 is 9.13 Å². The van der Waals surface area contributed by atoms with E-state index in [1.807, 2.05) is 19.1 Å². The van der Waals surface area contributed by atoms with Crippen LogP contribution in [0.25, 0.3) is 0 Å². The lowest BCUT2D eigenvalue weighted by atomic mass is 9.78. The summed E-state index contributed by atoms with van der Waals surface area (Å²) in [5, 5.41) is 3.45. The number of hydrogen-bond donors (Lipinski definition) is 1. The molecule has 102 valence electrons. The summed E-state index contributed by atoms with van der Waals surface area (Å²) < 4.78 is 18.5. The van der Waals surface area contributed by atoms with E-state index in [9.17, 15) is 4.39 Å². The molecule has 18 heavy (non-hydrogen) atoms. The predicted octanol–water partition coefficient (Wildman–Crippen LogP) is 3.12. The second kappa shape index (κ2) is 6.86. The lowest BCUT2D eigenvalue weighted by molar-refractivity contribution is 0.100. The van der Waals surface area contributed by atoms with E-state index >= 15 is 0 Å². The van der Waals surface area contributed by atoms with Gasteiger partial charge in [-0.2, -0.15) is 0 Å². The van der Waals surface area contributed by atoms with Crippen LogP contribution in [0.2, 0.25) is 0 Å². The largest absolute Gasteiger partial charge is 0.380 e. The van der Waals surface area contributed by atoms with Gasteiger partial charge in [0.2, 0.25) is 0 Å². The van der Waals surface area contributed by atoms with Crippen molar-refractivity contribution in [2.45, 2.75) is 39.2 Å². The first-order valence-corrected chi connectivity index (χ1v) is 6.59. The van der Waals surface area contributed by atoms with Crippen LogP contribution in [0.15, 0.2) is 24.3 Å². The van der Waals surface area contributed by atoms with Crippen LogP contribution in [0.5, 0.6) is 0 Å². The highest BCUT2D eigenvalue weighted by Gasteiger charge is 2.30. The minimum Gasteiger partial charge on any atom is -0.380 e. The SMILES string of the molecule is CCNC(COCC)C(C)(C)c1ccc(F)cc1. The van der Waals surface area contributed by atoms with E-state index in [2.05, 4.69) is 26.1 Å². The standard InChI is InChI=1S/C15H24FNO/c1-5-17-14(11-18-6-2)15(3,4)12-7-9-13(16)10-8-12/h7-10,14,17H,5-6,11H2,1-4H3. The molecule has 0 aliphatic carbocycles. The van der Waals surface area contributed by atoms with Gasteiger partial charge in [0.25, 0.3) is 0 Å². The zero-order valence-corrected chi connectivity index (χ0v) is 11.8. The molecular formula is C15H24FNO. The average Bonchev–Trinajstić information content (AvgIpc) is 2.35.